The molecule has 2 aromatic carbocycles. The van der Waals surface area contributed by atoms with Crippen LogP contribution >= 0.6 is 34.8 Å². The Morgan fingerprint density at radius 3 is 1.75 bits per heavy atom. The molecule has 0 saturated heterocycles. The van der Waals surface area contributed by atoms with Crippen molar-refractivity contribution in [2.24, 2.45) is 5.16 Å². The third kappa shape index (κ3) is 4.26. The minimum absolute atomic E-state index is 0.239. The zero-order valence-corrected chi connectivity index (χ0v) is 15.3. The summed E-state index contributed by atoms with van der Waals surface area (Å²) in [6, 6.07) is 14.0. The van der Waals surface area contributed by atoms with Crippen molar-refractivity contribution in [3.8, 4) is 11.5 Å². The van der Waals surface area contributed by atoms with Crippen LogP contribution in [-0.2, 0) is 0 Å². The van der Waals surface area contributed by atoms with Gasteiger partial charge in [0.25, 0.3) is 0 Å². The van der Waals surface area contributed by atoms with Crippen LogP contribution in [0.2, 0.25) is 0 Å². The summed E-state index contributed by atoms with van der Waals surface area (Å²) >= 11 is 18.5. The van der Waals surface area contributed by atoms with Crippen LogP contribution < -0.4 is 9.47 Å². The highest BCUT2D eigenvalue weighted by atomic mass is 35.6. The van der Waals surface area contributed by atoms with E-state index in [2.05, 4.69) is 5.16 Å². The van der Waals surface area contributed by atoms with Gasteiger partial charge in [0.1, 0.15) is 11.5 Å². The number of hydrogen-bond donors (Lipinski definition) is 1. The summed E-state index contributed by atoms with van der Waals surface area (Å²) in [6.07, 6.45) is 0. The van der Waals surface area contributed by atoms with E-state index in [-0.39, 0.29) is 5.71 Å². The number of ether oxygens (including phenoxy) is 2. The summed E-state index contributed by atoms with van der Waals surface area (Å²) in [5.74, 6) is 0.575. The second-order valence-corrected chi connectivity index (χ2v) is 7.33. The first kappa shape index (κ1) is 18.7. The molecule has 4 nitrogen and oxygen atoms in total. The van der Waals surface area contributed by atoms with Crippen molar-refractivity contribution in [3.05, 3.63) is 59.7 Å². The van der Waals surface area contributed by atoms with Crippen LogP contribution in [0.1, 0.15) is 17.0 Å². The molecule has 0 heterocycles. The maximum Gasteiger partial charge on any atom is 0.203 e. The maximum absolute atomic E-state index is 9.56. The highest BCUT2D eigenvalue weighted by Crippen LogP contribution is 2.44. The first-order valence-corrected chi connectivity index (χ1v) is 8.11. The van der Waals surface area contributed by atoms with E-state index in [1.54, 1.807) is 62.8 Å². The Morgan fingerprint density at radius 2 is 1.38 bits per heavy atom. The normalized spacial score (nSPS) is 13.5. The van der Waals surface area contributed by atoms with E-state index in [0.717, 1.165) is 0 Å². The van der Waals surface area contributed by atoms with Gasteiger partial charge in [-0.15, -0.1) is 0 Å². The summed E-state index contributed by atoms with van der Waals surface area (Å²) in [5, 5.41) is 12.9. The number of rotatable bonds is 5. The molecule has 0 bridgehead atoms. The summed E-state index contributed by atoms with van der Waals surface area (Å²) < 4.78 is 8.55. The van der Waals surface area contributed by atoms with E-state index in [1.165, 1.54) is 0 Å². The van der Waals surface area contributed by atoms with Crippen LogP contribution in [0.15, 0.2) is 53.7 Å². The first-order valence-electron chi connectivity index (χ1n) is 6.97. The SMILES string of the molecule is COc1ccc(/C(=N\O)[C@@H](c2ccc(OC)cc2)C(Cl)(Cl)Cl)cc1. The number of nitrogens with zero attached hydrogens (tertiary/aromatic N) is 1. The summed E-state index contributed by atoms with van der Waals surface area (Å²) in [7, 11) is 3.14. The largest absolute Gasteiger partial charge is 0.497 e. The minimum atomic E-state index is -1.71. The van der Waals surface area contributed by atoms with E-state index in [0.29, 0.717) is 22.6 Å². The lowest BCUT2D eigenvalue weighted by atomic mass is 9.91. The third-order valence-corrected chi connectivity index (χ3v) is 4.20. The number of hydrogen-bond acceptors (Lipinski definition) is 4. The molecule has 0 aliphatic rings. The maximum atomic E-state index is 9.56. The number of benzene rings is 2. The van der Waals surface area contributed by atoms with Crippen LogP contribution in [0.25, 0.3) is 0 Å². The zero-order valence-electron chi connectivity index (χ0n) is 13.0. The fourth-order valence-electron chi connectivity index (χ4n) is 2.34. The number of alkyl halides is 3. The lowest BCUT2D eigenvalue weighted by molar-refractivity contribution is 0.317. The molecule has 2 rings (SSSR count). The Balaban J connectivity index is 2.47. The molecule has 0 fully saturated rings. The molecule has 2 aromatic rings. The van der Waals surface area contributed by atoms with Crippen LogP contribution in [0.3, 0.4) is 0 Å². The van der Waals surface area contributed by atoms with Crippen LogP contribution in [0, 0.1) is 0 Å². The average molecular weight is 389 g/mol. The average Bonchev–Trinajstić information content (AvgIpc) is 2.59. The Kier molecular flexibility index (Phi) is 6.21. The molecule has 1 N–H and O–H groups in total. The van der Waals surface area contributed by atoms with E-state index >= 15 is 0 Å². The van der Waals surface area contributed by atoms with Crippen molar-refractivity contribution in [2.45, 2.75) is 9.71 Å². The molecule has 7 heteroatoms. The van der Waals surface area contributed by atoms with Gasteiger partial charge in [0.15, 0.2) is 0 Å². The first-order chi connectivity index (χ1) is 11.4. The van der Waals surface area contributed by atoms with Gasteiger partial charge in [0.2, 0.25) is 3.79 Å². The fraction of sp³-hybridized carbons (Fsp3) is 0.235. The van der Waals surface area contributed by atoms with Gasteiger partial charge < -0.3 is 14.7 Å². The molecule has 0 unspecified atom stereocenters. The molecule has 128 valence electrons. The van der Waals surface area contributed by atoms with Crippen LogP contribution in [0.4, 0.5) is 0 Å². The minimum Gasteiger partial charge on any atom is -0.497 e. The quantitative estimate of drug-likeness (QED) is 0.338. The Morgan fingerprint density at radius 1 is 0.917 bits per heavy atom. The summed E-state index contributed by atoms with van der Waals surface area (Å²) in [6.45, 7) is 0. The predicted octanol–water partition coefficient (Wildman–Crippen LogP) is 5.04. The van der Waals surface area contributed by atoms with Crippen molar-refractivity contribution < 1.29 is 14.7 Å². The summed E-state index contributed by atoms with van der Waals surface area (Å²) in [5.41, 5.74) is 1.53. The number of halogens is 3. The third-order valence-electron chi connectivity index (χ3n) is 3.54. The molecule has 1 atom stereocenters. The Bertz CT molecular complexity index is 695. The molecule has 0 aromatic heterocycles. The smallest absolute Gasteiger partial charge is 0.203 e. The topological polar surface area (TPSA) is 51.0 Å². The predicted molar refractivity (Wildman–Crippen MR) is 97.3 cm³/mol. The zero-order chi connectivity index (χ0) is 17.7. The molecule has 0 spiro atoms. The fourth-order valence-corrected chi connectivity index (χ4v) is 3.03. The second-order valence-electron chi connectivity index (χ2n) is 4.96. The van der Waals surface area contributed by atoms with Gasteiger partial charge in [-0.2, -0.15) is 0 Å². The van der Waals surface area contributed by atoms with Crippen molar-refractivity contribution in [1.29, 1.82) is 0 Å². The van der Waals surface area contributed by atoms with E-state index in [4.69, 9.17) is 44.3 Å². The molecule has 0 saturated carbocycles. The van der Waals surface area contributed by atoms with Gasteiger partial charge >= 0.3 is 0 Å². The van der Waals surface area contributed by atoms with E-state index in [1.807, 2.05) is 0 Å². The molecular formula is C17H16Cl3NO3. The van der Waals surface area contributed by atoms with Crippen molar-refractivity contribution in [2.75, 3.05) is 14.2 Å². The van der Waals surface area contributed by atoms with Gasteiger partial charge in [0.05, 0.1) is 25.8 Å². The van der Waals surface area contributed by atoms with Gasteiger partial charge in [0, 0.05) is 5.56 Å². The lowest BCUT2D eigenvalue weighted by Crippen LogP contribution is -2.27. The molecule has 0 aliphatic carbocycles. The molecule has 0 amide bonds. The standard InChI is InChI=1S/C17H16Cl3NO3/c1-23-13-7-3-11(4-8-13)15(17(18,19)20)16(21-22)12-5-9-14(24-2)10-6-12/h3-10,15,22H,1-2H3/b21-16+/t15-/m1/s1. The van der Waals surface area contributed by atoms with Crippen molar-refractivity contribution >= 4 is 40.5 Å². The summed E-state index contributed by atoms with van der Waals surface area (Å²) in [4.78, 5) is 0. The molecule has 0 aliphatic heterocycles. The van der Waals surface area contributed by atoms with Gasteiger partial charge in [-0.1, -0.05) is 52.1 Å². The van der Waals surface area contributed by atoms with Gasteiger partial charge in [-0.25, -0.2) is 0 Å². The highest BCUT2D eigenvalue weighted by molar-refractivity contribution is 6.69. The van der Waals surface area contributed by atoms with Crippen LogP contribution in [-0.4, -0.2) is 28.9 Å². The molecular weight excluding hydrogens is 373 g/mol. The number of methoxy groups -OCH3 is 2. The Labute approximate surface area is 155 Å². The van der Waals surface area contributed by atoms with Gasteiger partial charge in [-0.05, 0) is 42.0 Å². The second kappa shape index (κ2) is 7.97. The van der Waals surface area contributed by atoms with Crippen LogP contribution in [0.5, 0.6) is 11.5 Å². The van der Waals surface area contributed by atoms with E-state index < -0.39 is 9.71 Å². The molecule has 0 radical (unpaired) electrons. The number of oxime groups is 1. The Hall–Kier alpha value is -1.62. The van der Waals surface area contributed by atoms with E-state index in [9.17, 15) is 5.21 Å². The lowest BCUT2D eigenvalue weighted by Gasteiger charge is -2.26. The molecule has 24 heavy (non-hydrogen) atoms. The highest BCUT2D eigenvalue weighted by Gasteiger charge is 2.39. The van der Waals surface area contributed by atoms with Crippen molar-refractivity contribution in [3.63, 3.8) is 0 Å². The van der Waals surface area contributed by atoms with Crippen molar-refractivity contribution in [1.82, 2.24) is 0 Å². The van der Waals surface area contributed by atoms with Gasteiger partial charge in [-0.3, -0.25) is 0 Å². The monoisotopic (exact) mass is 387 g/mol.